The molecule has 1 atom stereocenters. The van der Waals surface area contributed by atoms with Crippen molar-refractivity contribution in [3.63, 3.8) is 0 Å². The minimum absolute atomic E-state index is 0.187. The number of hydrogen-bond acceptors (Lipinski definition) is 2. The van der Waals surface area contributed by atoms with Crippen molar-refractivity contribution < 1.29 is 0 Å². The fourth-order valence-electron chi connectivity index (χ4n) is 17.3. The van der Waals surface area contributed by atoms with E-state index in [9.17, 15) is 0 Å². The fourth-order valence-corrected chi connectivity index (χ4v) is 17.3. The Balaban J connectivity index is 1.00. The smallest absolute Gasteiger partial charge is 0.0622 e. The third-order valence-corrected chi connectivity index (χ3v) is 22.3. The van der Waals surface area contributed by atoms with Crippen molar-refractivity contribution in [2.45, 2.75) is 90.9 Å². The SMILES string of the molecule is CC(C)(C)c1cc(-c2ccccc2)c(N2c3cc(-n4c5ccccc5c5ccccc54)ccc3C3c4ccc(-n5c6ccccc6c6ccc7c(c65)-c5ccccc5C7)cc4N(c4c(-c5ccccc5)cc(C(C)(C)C)cc4-c4ccccc4)c4cc(C(C)(C)C)cc2c43)c(-c2ccccc2)c1. The summed E-state index contributed by atoms with van der Waals surface area (Å²) in [5.74, 6) is -0.236. The minimum Gasteiger partial charge on any atom is -0.309 e. The van der Waals surface area contributed by atoms with E-state index >= 15 is 0 Å². The monoisotopic (exact) mass is 1310 g/mol. The van der Waals surface area contributed by atoms with E-state index in [-0.39, 0.29) is 22.2 Å². The van der Waals surface area contributed by atoms with Crippen molar-refractivity contribution in [3.8, 4) is 67.0 Å². The van der Waals surface area contributed by atoms with Crippen molar-refractivity contribution in [2.75, 3.05) is 9.80 Å². The Morgan fingerprint density at radius 1 is 0.284 bits per heavy atom. The Hall–Kier alpha value is -11.7. The van der Waals surface area contributed by atoms with Crippen molar-refractivity contribution in [1.29, 1.82) is 0 Å². The van der Waals surface area contributed by atoms with Gasteiger partial charge in [-0.1, -0.05) is 287 Å². The number of anilines is 6. The molecule has 1 unspecified atom stereocenters. The molecule has 3 aliphatic rings. The number of para-hydroxylation sites is 3. The maximum absolute atomic E-state index is 2.75. The molecule has 102 heavy (non-hydrogen) atoms. The average Bonchev–Trinajstić information content (AvgIpc) is 0.804. The summed E-state index contributed by atoms with van der Waals surface area (Å²) >= 11 is 0. The van der Waals surface area contributed by atoms with Gasteiger partial charge in [-0.05, 0) is 168 Å². The molecule has 0 saturated carbocycles. The van der Waals surface area contributed by atoms with Gasteiger partial charge in [-0.15, -0.1) is 0 Å². The van der Waals surface area contributed by atoms with E-state index in [4.69, 9.17) is 0 Å². The van der Waals surface area contributed by atoms with Crippen LogP contribution >= 0.6 is 0 Å². The van der Waals surface area contributed by atoms with Gasteiger partial charge in [-0.25, -0.2) is 0 Å². The van der Waals surface area contributed by atoms with Crippen LogP contribution < -0.4 is 9.80 Å². The summed E-state index contributed by atoms with van der Waals surface area (Å²) < 4.78 is 5.12. The van der Waals surface area contributed by atoms with Crippen LogP contribution in [-0.2, 0) is 22.7 Å². The molecule has 1 aliphatic carbocycles. The highest BCUT2D eigenvalue weighted by Crippen LogP contribution is 2.65. The molecule has 14 aromatic carbocycles. The van der Waals surface area contributed by atoms with Crippen molar-refractivity contribution in [3.05, 3.63) is 348 Å². The zero-order chi connectivity index (χ0) is 69.1. The van der Waals surface area contributed by atoms with Crippen LogP contribution in [0.1, 0.15) is 113 Å². The molecule has 19 rings (SSSR count). The molecule has 0 amide bonds. The van der Waals surface area contributed by atoms with Gasteiger partial charge in [0, 0.05) is 72.2 Å². The van der Waals surface area contributed by atoms with Crippen LogP contribution in [0.15, 0.2) is 303 Å². The molecule has 4 heteroatoms. The highest BCUT2D eigenvalue weighted by atomic mass is 15.2. The molecule has 2 aliphatic heterocycles. The molecule has 0 fully saturated rings. The molecular weight excluding hydrogens is 1230 g/mol. The lowest BCUT2D eigenvalue weighted by Gasteiger charge is -2.47. The summed E-state index contributed by atoms with van der Waals surface area (Å²) in [5.41, 5.74) is 35.5. The Morgan fingerprint density at radius 3 is 1.08 bits per heavy atom. The Morgan fingerprint density at radius 2 is 0.647 bits per heavy atom. The van der Waals surface area contributed by atoms with E-state index in [2.05, 4.69) is 385 Å². The second kappa shape index (κ2) is 22.9. The van der Waals surface area contributed by atoms with Gasteiger partial charge in [0.2, 0.25) is 0 Å². The van der Waals surface area contributed by atoms with Crippen LogP contribution in [0.2, 0.25) is 0 Å². The molecule has 4 heterocycles. The molecular formula is C98H80N4. The van der Waals surface area contributed by atoms with Crippen LogP contribution in [0.3, 0.4) is 0 Å². The lowest BCUT2D eigenvalue weighted by Crippen LogP contribution is -2.31. The summed E-state index contributed by atoms with van der Waals surface area (Å²) in [7, 11) is 0. The number of rotatable bonds is 8. The summed E-state index contributed by atoms with van der Waals surface area (Å²) in [6, 6.07) is 116. The third kappa shape index (κ3) is 9.56. The van der Waals surface area contributed by atoms with E-state index in [1.165, 1.54) is 122 Å². The minimum atomic E-state index is -0.327. The zero-order valence-corrected chi connectivity index (χ0v) is 59.4. The van der Waals surface area contributed by atoms with Gasteiger partial charge in [-0.3, -0.25) is 0 Å². The first-order valence-electron chi connectivity index (χ1n) is 36.3. The van der Waals surface area contributed by atoms with E-state index in [1.54, 1.807) is 0 Å². The lowest BCUT2D eigenvalue weighted by atomic mass is 9.73. The van der Waals surface area contributed by atoms with Gasteiger partial charge in [0.25, 0.3) is 0 Å². The molecule has 0 spiro atoms. The Bertz CT molecular complexity index is 5910. The number of aromatic nitrogens is 2. The second-order valence-electron chi connectivity index (χ2n) is 31.6. The molecule has 0 radical (unpaired) electrons. The highest BCUT2D eigenvalue weighted by molar-refractivity contribution is 6.16. The number of hydrogen-bond donors (Lipinski definition) is 0. The number of nitrogens with zero attached hydrogens (tertiary/aromatic N) is 4. The topological polar surface area (TPSA) is 16.3 Å². The predicted octanol–water partition coefficient (Wildman–Crippen LogP) is 26.8. The van der Waals surface area contributed by atoms with Gasteiger partial charge in [-0.2, -0.15) is 0 Å². The maximum atomic E-state index is 2.75. The van der Waals surface area contributed by atoms with Crippen LogP contribution in [0.5, 0.6) is 0 Å². The maximum Gasteiger partial charge on any atom is 0.0622 e. The van der Waals surface area contributed by atoms with Crippen molar-refractivity contribution in [1.82, 2.24) is 9.13 Å². The zero-order valence-electron chi connectivity index (χ0n) is 59.4. The predicted molar refractivity (Wildman–Crippen MR) is 432 cm³/mol. The fraction of sp³-hybridized carbons (Fsp3) is 0.143. The normalized spacial score (nSPS) is 14.0. The quantitative estimate of drug-likeness (QED) is 0.151. The Kier molecular flexibility index (Phi) is 13.8. The van der Waals surface area contributed by atoms with Crippen LogP contribution in [0, 0.1) is 0 Å². The lowest BCUT2D eigenvalue weighted by molar-refractivity contribution is 0.589. The van der Waals surface area contributed by atoms with E-state index in [1.807, 2.05) is 0 Å². The van der Waals surface area contributed by atoms with Gasteiger partial charge in [0.15, 0.2) is 0 Å². The van der Waals surface area contributed by atoms with Crippen molar-refractivity contribution in [2.24, 2.45) is 0 Å². The first-order valence-corrected chi connectivity index (χ1v) is 36.3. The third-order valence-electron chi connectivity index (χ3n) is 22.3. The molecule has 0 bridgehead atoms. The molecule has 492 valence electrons. The standard InChI is InChI=1S/C98H80N4/c1-96(2,3)67-53-79(61-30-14-10-15-31-61)93(80(54-67)62-32-16-11-17-33-62)101-86-59-70(99-83-43-27-24-40-73(83)74-41-25-28-44-84(74)99)47-50-77(86)91-78-51-48-71(100-85-45-29-26-42-75(85)76-49-46-66-52-65-38-22-23-39-72(65)90(66)95(76)100)60-87(78)102(89-58-69(98(7,8)9)57-88(101)92(89)91)94-81(63-34-18-12-19-35-63)55-68(97(4,5)6)56-82(94)64-36-20-13-21-37-64/h10-51,53-60,91H,52H2,1-9H3. The summed E-state index contributed by atoms with van der Waals surface area (Å²) in [6.07, 6.45) is 0.905. The molecule has 16 aromatic rings. The van der Waals surface area contributed by atoms with Gasteiger partial charge >= 0.3 is 0 Å². The first-order chi connectivity index (χ1) is 49.5. The van der Waals surface area contributed by atoms with Gasteiger partial charge < -0.3 is 18.9 Å². The first kappa shape index (κ1) is 61.4. The second-order valence-corrected chi connectivity index (χ2v) is 31.6. The van der Waals surface area contributed by atoms with Crippen molar-refractivity contribution >= 4 is 77.7 Å². The van der Waals surface area contributed by atoms with Gasteiger partial charge in [0.05, 0.1) is 56.2 Å². The summed E-state index contributed by atoms with van der Waals surface area (Å²) in [4.78, 5) is 5.49. The van der Waals surface area contributed by atoms with Crippen LogP contribution in [0.25, 0.3) is 111 Å². The van der Waals surface area contributed by atoms with Crippen LogP contribution in [-0.4, -0.2) is 9.13 Å². The number of benzene rings is 14. The van der Waals surface area contributed by atoms with E-state index in [0.29, 0.717) is 0 Å². The number of fused-ring (bicyclic) bond motifs is 14. The summed E-state index contributed by atoms with van der Waals surface area (Å²) in [6.45, 7) is 21.4. The summed E-state index contributed by atoms with van der Waals surface area (Å²) in [5, 5.41) is 4.97. The largest absolute Gasteiger partial charge is 0.309 e. The van der Waals surface area contributed by atoms with E-state index < -0.39 is 0 Å². The van der Waals surface area contributed by atoms with Crippen LogP contribution in [0.4, 0.5) is 34.1 Å². The Labute approximate surface area is 598 Å². The van der Waals surface area contributed by atoms with E-state index in [0.717, 1.165) is 74.2 Å². The van der Waals surface area contributed by atoms with Gasteiger partial charge in [0.1, 0.15) is 0 Å². The molecule has 4 nitrogen and oxygen atoms in total. The molecule has 0 N–H and O–H groups in total. The molecule has 0 saturated heterocycles. The average molecular weight is 1310 g/mol. The molecule has 2 aromatic heterocycles. The highest BCUT2D eigenvalue weighted by Gasteiger charge is 2.45.